The second-order valence-corrected chi connectivity index (χ2v) is 4.39. The highest BCUT2D eigenvalue weighted by Crippen LogP contribution is 2.31. The Balaban J connectivity index is 2.68. The maximum atomic E-state index is 9.51. The van der Waals surface area contributed by atoms with Crippen LogP contribution in [0.1, 0.15) is 24.8 Å². The number of phenolic OH excluding ortho intramolecular Hbond substituents is 1. The molecule has 1 N–H and O–H groups in total. The van der Waals surface area contributed by atoms with Gasteiger partial charge in [0.25, 0.3) is 0 Å². The minimum Gasteiger partial charge on any atom is -0.506 e. The van der Waals surface area contributed by atoms with Crippen molar-refractivity contribution in [2.45, 2.75) is 19.8 Å². The lowest BCUT2D eigenvalue weighted by molar-refractivity contribution is 0.480. The molecule has 0 fully saturated rings. The van der Waals surface area contributed by atoms with E-state index in [0.29, 0.717) is 5.92 Å². The third kappa shape index (κ3) is 1.40. The number of hydrogen-bond donors (Lipinski definition) is 1. The van der Waals surface area contributed by atoms with Crippen LogP contribution in [0.3, 0.4) is 0 Å². The molecule has 3 heteroatoms. The number of fused-ring (bicyclic) bond motifs is 1. The van der Waals surface area contributed by atoms with E-state index in [-0.39, 0.29) is 5.75 Å². The van der Waals surface area contributed by atoms with E-state index in [1.807, 2.05) is 12.1 Å². The molecule has 0 spiro atoms. The smallest absolute Gasteiger partial charge is 0.142 e. The SMILES string of the molecule is CC(C)c1nc2c(O)cccc2s1. The molecule has 0 amide bonds. The molecule has 0 aliphatic rings. The molecule has 2 aromatic rings. The first kappa shape index (κ1) is 8.51. The van der Waals surface area contributed by atoms with Crippen LogP contribution in [0.5, 0.6) is 5.75 Å². The fraction of sp³-hybridized carbons (Fsp3) is 0.300. The molecule has 1 aromatic heterocycles. The molecule has 0 bridgehead atoms. The normalized spacial score (nSPS) is 11.3. The summed E-state index contributed by atoms with van der Waals surface area (Å²) in [6, 6.07) is 5.50. The summed E-state index contributed by atoms with van der Waals surface area (Å²) in [6.45, 7) is 4.21. The van der Waals surface area contributed by atoms with Crippen LogP contribution in [0.25, 0.3) is 10.2 Å². The number of aromatic nitrogens is 1. The van der Waals surface area contributed by atoms with Crippen LogP contribution < -0.4 is 0 Å². The van der Waals surface area contributed by atoms with Gasteiger partial charge in [-0.05, 0) is 12.1 Å². The molecular weight excluding hydrogens is 182 g/mol. The first-order valence-corrected chi connectivity index (χ1v) is 5.08. The summed E-state index contributed by atoms with van der Waals surface area (Å²) in [6.07, 6.45) is 0. The van der Waals surface area contributed by atoms with Crippen molar-refractivity contribution in [1.29, 1.82) is 0 Å². The van der Waals surface area contributed by atoms with Crippen molar-refractivity contribution in [2.75, 3.05) is 0 Å². The highest BCUT2D eigenvalue weighted by Gasteiger charge is 2.09. The van der Waals surface area contributed by atoms with Crippen molar-refractivity contribution in [3.05, 3.63) is 23.2 Å². The Bertz CT molecular complexity index is 433. The third-order valence-electron chi connectivity index (χ3n) is 1.91. The van der Waals surface area contributed by atoms with Gasteiger partial charge in [0, 0.05) is 5.92 Å². The number of hydrogen-bond acceptors (Lipinski definition) is 3. The summed E-state index contributed by atoms with van der Waals surface area (Å²) in [4.78, 5) is 4.38. The Labute approximate surface area is 80.9 Å². The predicted octanol–water partition coefficient (Wildman–Crippen LogP) is 3.13. The molecule has 2 rings (SSSR count). The van der Waals surface area contributed by atoms with Gasteiger partial charge in [-0.25, -0.2) is 4.98 Å². The summed E-state index contributed by atoms with van der Waals surface area (Å²) in [5.41, 5.74) is 0.733. The molecule has 0 unspecified atom stereocenters. The van der Waals surface area contributed by atoms with Gasteiger partial charge in [-0.15, -0.1) is 11.3 Å². The van der Waals surface area contributed by atoms with E-state index >= 15 is 0 Å². The monoisotopic (exact) mass is 193 g/mol. The highest BCUT2D eigenvalue weighted by molar-refractivity contribution is 7.18. The zero-order chi connectivity index (χ0) is 9.42. The van der Waals surface area contributed by atoms with Crippen LogP contribution in [-0.4, -0.2) is 10.1 Å². The zero-order valence-corrected chi connectivity index (χ0v) is 8.43. The minimum absolute atomic E-state index is 0.278. The van der Waals surface area contributed by atoms with Gasteiger partial charge in [0.05, 0.1) is 9.71 Å². The topological polar surface area (TPSA) is 33.1 Å². The highest BCUT2D eigenvalue weighted by atomic mass is 32.1. The van der Waals surface area contributed by atoms with Crippen molar-refractivity contribution in [3.8, 4) is 5.75 Å². The number of phenols is 1. The van der Waals surface area contributed by atoms with E-state index < -0.39 is 0 Å². The lowest BCUT2D eigenvalue weighted by atomic mass is 10.2. The standard InChI is InChI=1S/C10H11NOS/c1-6(2)10-11-9-7(12)4-3-5-8(9)13-10/h3-6,12H,1-2H3. The van der Waals surface area contributed by atoms with Crippen molar-refractivity contribution in [2.24, 2.45) is 0 Å². The first-order valence-electron chi connectivity index (χ1n) is 4.27. The first-order chi connectivity index (χ1) is 6.18. The fourth-order valence-electron chi connectivity index (χ4n) is 1.20. The molecule has 0 saturated heterocycles. The van der Waals surface area contributed by atoms with Crippen molar-refractivity contribution in [3.63, 3.8) is 0 Å². The second kappa shape index (κ2) is 3.00. The third-order valence-corrected chi connectivity index (χ3v) is 3.23. The number of thiazole rings is 1. The summed E-state index contributed by atoms with van der Waals surface area (Å²) >= 11 is 1.65. The maximum absolute atomic E-state index is 9.51. The van der Waals surface area contributed by atoms with Gasteiger partial charge in [0.1, 0.15) is 11.3 Å². The van der Waals surface area contributed by atoms with Crippen molar-refractivity contribution < 1.29 is 5.11 Å². The summed E-state index contributed by atoms with van der Waals surface area (Å²) in [5.74, 6) is 0.706. The summed E-state index contributed by atoms with van der Waals surface area (Å²) in [5, 5.41) is 10.6. The Morgan fingerprint density at radius 1 is 1.38 bits per heavy atom. The van der Waals surface area contributed by atoms with E-state index in [1.165, 1.54) is 0 Å². The van der Waals surface area contributed by atoms with Crippen LogP contribution in [-0.2, 0) is 0 Å². The number of aromatic hydroxyl groups is 1. The van der Waals surface area contributed by atoms with Crippen LogP contribution in [0.15, 0.2) is 18.2 Å². The predicted molar refractivity (Wildman–Crippen MR) is 55.4 cm³/mol. The van der Waals surface area contributed by atoms with Gasteiger partial charge in [-0.2, -0.15) is 0 Å². The second-order valence-electron chi connectivity index (χ2n) is 3.33. The number of rotatable bonds is 1. The quantitative estimate of drug-likeness (QED) is 0.754. The molecule has 1 heterocycles. The zero-order valence-electron chi connectivity index (χ0n) is 7.61. The molecule has 68 valence electrons. The Kier molecular flexibility index (Phi) is 1.96. The average Bonchev–Trinajstić information content (AvgIpc) is 2.49. The Morgan fingerprint density at radius 3 is 2.77 bits per heavy atom. The van der Waals surface area contributed by atoms with E-state index in [0.717, 1.165) is 15.2 Å². The van der Waals surface area contributed by atoms with Crippen LogP contribution >= 0.6 is 11.3 Å². The van der Waals surface area contributed by atoms with Crippen LogP contribution in [0.4, 0.5) is 0 Å². The summed E-state index contributed by atoms with van der Waals surface area (Å²) < 4.78 is 1.06. The maximum Gasteiger partial charge on any atom is 0.142 e. The minimum atomic E-state index is 0.278. The van der Waals surface area contributed by atoms with Crippen LogP contribution in [0, 0.1) is 0 Å². The van der Waals surface area contributed by atoms with E-state index in [1.54, 1.807) is 17.4 Å². The Morgan fingerprint density at radius 2 is 2.15 bits per heavy atom. The lowest BCUT2D eigenvalue weighted by Crippen LogP contribution is -1.83. The molecule has 2 nitrogen and oxygen atoms in total. The average molecular weight is 193 g/mol. The number of benzene rings is 1. The van der Waals surface area contributed by atoms with E-state index in [2.05, 4.69) is 18.8 Å². The largest absolute Gasteiger partial charge is 0.506 e. The number of para-hydroxylation sites is 1. The van der Waals surface area contributed by atoms with Gasteiger partial charge in [-0.3, -0.25) is 0 Å². The fourth-order valence-corrected chi connectivity index (χ4v) is 2.19. The molecular formula is C10H11NOS. The van der Waals surface area contributed by atoms with Gasteiger partial charge < -0.3 is 5.11 Å². The molecule has 13 heavy (non-hydrogen) atoms. The molecule has 0 aliphatic carbocycles. The van der Waals surface area contributed by atoms with Gasteiger partial charge in [-0.1, -0.05) is 19.9 Å². The summed E-state index contributed by atoms with van der Waals surface area (Å²) in [7, 11) is 0. The van der Waals surface area contributed by atoms with Gasteiger partial charge >= 0.3 is 0 Å². The lowest BCUT2D eigenvalue weighted by Gasteiger charge is -1.94. The van der Waals surface area contributed by atoms with E-state index in [4.69, 9.17) is 0 Å². The van der Waals surface area contributed by atoms with E-state index in [9.17, 15) is 5.11 Å². The number of nitrogens with zero attached hydrogens (tertiary/aromatic N) is 1. The molecule has 1 aromatic carbocycles. The molecule has 0 radical (unpaired) electrons. The Hall–Kier alpha value is -1.09. The van der Waals surface area contributed by atoms with Crippen LogP contribution in [0.2, 0.25) is 0 Å². The van der Waals surface area contributed by atoms with Gasteiger partial charge in [0.15, 0.2) is 0 Å². The molecule has 0 atom stereocenters. The molecule has 0 saturated carbocycles. The van der Waals surface area contributed by atoms with Crippen molar-refractivity contribution >= 4 is 21.6 Å². The van der Waals surface area contributed by atoms with Gasteiger partial charge in [0.2, 0.25) is 0 Å². The molecule has 0 aliphatic heterocycles. The van der Waals surface area contributed by atoms with Crippen molar-refractivity contribution in [1.82, 2.24) is 4.98 Å².